The minimum Gasteiger partial charge on any atom is -0.494 e. The molecule has 1 aromatic heterocycles. The molecule has 0 radical (unpaired) electrons. The molecule has 1 fully saturated rings. The fourth-order valence-corrected chi connectivity index (χ4v) is 4.26. The molecule has 0 aliphatic heterocycles. The first kappa shape index (κ1) is 24.6. The van der Waals surface area contributed by atoms with E-state index in [1.165, 1.54) is 0 Å². The molecule has 0 saturated heterocycles. The lowest BCUT2D eigenvalue weighted by atomic mass is 10.2. The van der Waals surface area contributed by atoms with Crippen molar-refractivity contribution >= 4 is 29.4 Å². The molecule has 0 atom stereocenters. The molecule has 37 heavy (non-hydrogen) atoms. The summed E-state index contributed by atoms with van der Waals surface area (Å²) in [4.78, 5) is 32.8. The number of rotatable bonds is 9. The second kappa shape index (κ2) is 10.9. The van der Waals surface area contributed by atoms with Crippen LogP contribution in [0.3, 0.4) is 0 Å². The maximum atomic E-state index is 13.2. The molecule has 0 bridgehead atoms. The Morgan fingerprint density at radius 1 is 1.05 bits per heavy atom. The van der Waals surface area contributed by atoms with Crippen molar-refractivity contribution in [2.75, 3.05) is 18.5 Å². The molecule has 0 unspecified atom stereocenters. The summed E-state index contributed by atoms with van der Waals surface area (Å²) in [6.45, 7) is 2.41. The molecule has 8 heteroatoms. The fraction of sp³-hybridized carbons (Fsp3) is 0.207. The Bertz CT molecular complexity index is 1400. The summed E-state index contributed by atoms with van der Waals surface area (Å²) < 4.78 is 7.49. The van der Waals surface area contributed by atoms with Gasteiger partial charge in [0.05, 0.1) is 18.0 Å². The van der Waals surface area contributed by atoms with Crippen LogP contribution in [0.25, 0.3) is 16.9 Å². The third-order valence-electron chi connectivity index (χ3n) is 6.09. The third-order valence-corrected chi connectivity index (χ3v) is 6.34. The Morgan fingerprint density at radius 3 is 2.51 bits per heavy atom. The Labute approximate surface area is 220 Å². The van der Waals surface area contributed by atoms with Gasteiger partial charge in [0, 0.05) is 34.5 Å². The monoisotopic (exact) mass is 514 g/mol. The number of benzene rings is 3. The van der Waals surface area contributed by atoms with Crippen molar-refractivity contribution in [2.24, 2.45) is 0 Å². The summed E-state index contributed by atoms with van der Waals surface area (Å²) in [7, 11) is 0. The summed E-state index contributed by atoms with van der Waals surface area (Å²) in [5.74, 6) is 0.585. The zero-order chi connectivity index (χ0) is 25.8. The van der Waals surface area contributed by atoms with Gasteiger partial charge in [-0.2, -0.15) is 0 Å². The van der Waals surface area contributed by atoms with E-state index in [0.717, 1.165) is 29.8 Å². The fourth-order valence-electron chi connectivity index (χ4n) is 4.13. The molecule has 1 heterocycles. The first-order valence-corrected chi connectivity index (χ1v) is 12.6. The van der Waals surface area contributed by atoms with Crippen molar-refractivity contribution in [3.05, 3.63) is 95.6 Å². The molecular weight excluding hydrogens is 488 g/mol. The van der Waals surface area contributed by atoms with E-state index >= 15 is 0 Å². The van der Waals surface area contributed by atoms with E-state index < -0.39 is 0 Å². The molecule has 188 valence electrons. The van der Waals surface area contributed by atoms with Crippen molar-refractivity contribution in [3.8, 4) is 22.7 Å². The number of nitrogens with zero attached hydrogens (tertiary/aromatic N) is 3. The van der Waals surface area contributed by atoms with Gasteiger partial charge in [0.2, 0.25) is 11.9 Å². The molecule has 1 aliphatic carbocycles. The van der Waals surface area contributed by atoms with Crippen molar-refractivity contribution in [1.82, 2.24) is 14.5 Å². The summed E-state index contributed by atoms with van der Waals surface area (Å²) in [6, 6.07) is 24.1. The number of ether oxygens (including phenoxy) is 1. The van der Waals surface area contributed by atoms with Crippen molar-refractivity contribution < 1.29 is 14.3 Å². The number of carbonyl (C=O) groups is 2. The topological polar surface area (TPSA) is 76.5 Å². The van der Waals surface area contributed by atoms with Crippen LogP contribution in [0.1, 0.15) is 30.1 Å². The lowest BCUT2D eigenvalue weighted by molar-refractivity contribution is -0.117. The van der Waals surface area contributed by atoms with Crippen molar-refractivity contribution in [2.45, 2.75) is 25.8 Å². The first-order valence-electron chi connectivity index (χ1n) is 12.3. The highest BCUT2D eigenvalue weighted by molar-refractivity contribution is 6.30. The largest absolute Gasteiger partial charge is 0.494 e. The van der Waals surface area contributed by atoms with Crippen LogP contribution in [0.5, 0.6) is 5.75 Å². The zero-order valence-corrected chi connectivity index (χ0v) is 21.2. The van der Waals surface area contributed by atoms with Gasteiger partial charge in [-0.25, -0.2) is 4.98 Å². The minimum absolute atomic E-state index is 0.0522. The highest BCUT2D eigenvalue weighted by Gasteiger charge is 2.34. The summed E-state index contributed by atoms with van der Waals surface area (Å²) in [5.41, 5.74) is 2.95. The van der Waals surface area contributed by atoms with Crippen LogP contribution in [0.4, 0.5) is 5.95 Å². The van der Waals surface area contributed by atoms with Crippen LogP contribution in [0.2, 0.25) is 5.02 Å². The molecule has 5 rings (SSSR count). The Kier molecular flexibility index (Phi) is 7.23. The van der Waals surface area contributed by atoms with Gasteiger partial charge in [0.1, 0.15) is 12.3 Å². The number of aromatic nitrogens is 2. The van der Waals surface area contributed by atoms with Crippen LogP contribution in [-0.2, 0) is 4.79 Å². The van der Waals surface area contributed by atoms with Gasteiger partial charge in [-0.15, -0.1) is 0 Å². The molecular formula is C29H27ClN4O3. The van der Waals surface area contributed by atoms with E-state index in [1.54, 1.807) is 29.2 Å². The normalized spacial score (nSPS) is 12.7. The van der Waals surface area contributed by atoms with Gasteiger partial charge in [-0.05, 0) is 56.2 Å². The predicted octanol–water partition coefficient (Wildman–Crippen LogP) is 5.83. The van der Waals surface area contributed by atoms with Crippen molar-refractivity contribution in [1.29, 1.82) is 0 Å². The maximum Gasteiger partial charge on any atom is 0.254 e. The standard InChI is InChI=1S/C29H27ClN4O3/c1-2-37-25-10-6-9-24(17-25)34-18-26(20-7-4-3-5-8-20)31-29(34)32-27(35)19-33(23-15-16-23)28(36)21-11-13-22(30)14-12-21/h3-14,17-18,23H,2,15-16,19H2,1H3,(H,31,32,35). The van der Waals surface area contributed by atoms with Gasteiger partial charge in [0.25, 0.3) is 5.91 Å². The number of hydrogen-bond acceptors (Lipinski definition) is 4. The van der Waals surface area contributed by atoms with Gasteiger partial charge >= 0.3 is 0 Å². The molecule has 1 N–H and O–H groups in total. The van der Waals surface area contributed by atoms with Crippen molar-refractivity contribution in [3.63, 3.8) is 0 Å². The van der Waals surface area contributed by atoms with E-state index in [2.05, 4.69) is 5.32 Å². The Morgan fingerprint density at radius 2 is 1.81 bits per heavy atom. The highest BCUT2D eigenvalue weighted by atomic mass is 35.5. The average molecular weight is 515 g/mol. The molecule has 4 aromatic rings. The van der Waals surface area contributed by atoms with E-state index in [4.69, 9.17) is 21.3 Å². The van der Waals surface area contributed by atoms with Gasteiger partial charge in [0.15, 0.2) is 0 Å². The van der Waals surface area contributed by atoms with E-state index in [0.29, 0.717) is 28.8 Å². The second-order valence-electron chi connectivity index (χ2n) is 8.84. The molecule has 1 saturated carbocycles. The van der Waals surface area contributed by atoms with Crippen LogP contribution in [-0.4, -0.2) is 45.5 Å². The number of nitrogens with one attached hydrogen (secondary N) is 1. The number of anilines is 1. The molecule has 0 spiro atoms. The third kappa shape index (κ3) is 5.84. The van der Waals surface area contributed by atoms with E-state index in [-0.39, 0.29) is 24.4 Å². The first-order chi connectivity index (χ1) is 18.0. The predicted molar refractivity (Wildman–Crippen MR) is 144 cm³/mol. The SMILES string of the molecule is CCOc1cccc(-n2cc(-c3ccccc3)nc2NC(=O)CN(C(=O)c2ccc(Cl)cc2)C2CC2)c1. The molecule has 2 amide bonds. The van der Waals surface area contributed by atoms with Crippen LogP contribution >= 0.6 is 11.6 Å². The zero-order valence-electron chi connectivity index (χ0n) is 20.4. The van der Waals surface area contributed by atoms with Gasteiger partial charge in [-0.3, -0.25) is 19.5 Å². The minimum atomic E-state index is -0.318. The van der Waals surface area contributed by atoms with Crippen LogP contribution in [0.15, 0.2) is 85.1 Å². The lowest BCUT2D eigenvalue weighted by Crippen LogP contribution is -2.39. The lowest BCUT2D eigenvalue weighted by Gasteiger charge is -2.22. The number of carbonyl (C=O) groups excluding carboxylic acids is 2. The smallest absolute Gasteiger partial charge is 0.254 e. The summed E-state index contributed by atoms with van der Waals surface area (Å²) in [6.07, 6.45) is 3.64. The maximum absolute atomic E-state index is 13.2. The molecule has 3 aromatic carbocycles. The number of halogens is 1. The van der Waals surface area contributed by atoms with Gasteiger partial charge in [-0.1, -0.05) is 48.0 Å². The number of imidazole rings is 1. The summed E-state index contributed by atoms with van der Waals surface area (Å²) >= 11 is 5.98. The summed E-state index contributed by atoms with van der Waals surface area (Å²) in [5, 5.41) is 3.49. The van der Waals surface area contributed by atoms with E-state index in [9.17, 15) is 9.59 Å². The Balaban J connectivity index is 1.42. The highest BCUT2D eigenvalue weighted by Crippen LogP contribution is 2.29. The number of hydrogen-bond donors (Lipinski definition) is 1. The second-order valence-corrected chi connectivity index (χ2v) is 9.27. The van der Waals surface area contributed by atoms with Gasteiger partial charge < -0.3 is 9.64 Å². The quantitative estimate of drug-likeness (QED) is 0.304. The number of amides is 2. The van der Waals surface area contributed by atoms with Crippen LogP contribution < -0.4 is 10.1 Å². The molecule has 7 nitrogen and oxygen atoms in total. The molecule has 1 aliphatic rings. The Hall–Kier alpha value is -4.10. The average Bonchev–Trinajstić information content (AvgIpc) is 3.67. The van der Waals surface area contributed by atoms with E-state index in [1.807, 2.05) is 72.3 Å². The van der Waals surface area contributed by atoms with Crippen LogP contribution in [0, 0.1) is 0 Å².